The minimum absolute atomic E-state index is 0.0318. The van der Waals surface area contributed by atoms with Crippen molar-refractivity contribution >= 4 is 34.7 Å². The molecule has 30 heavy (non-hydrogen) atoms. The maximum atomic E-state index is 13.1. The molecule has 1 aliphatic heterocycles. The number of halogens is 1. The van der Waals surface area contributed by atoms with E-state index in [-0.39, 0.29) is 11.3 Å². The fraction of sp³-hybridized carbons (Fsp3) is 0.0870. The zero-order valence-corrected chi connectivity index (χ0v) is 16.7. The molecule has 3 aromatic rings. The van der Waals surface area contributed by atoms with Gasteiger partial charge in [-0.25, -0.2) is 0 Å². The number of rotatable bonds is 4. The highest BCUT2D eigenvalue weighted by atomic mass is 35.5. The molecule has 1 aliphatic rings. The summed E-state index contributed by atoms with van der Waals surface area (Å²) >= 11 is 5.94. The number of nitrogens with zero attached hydrogens (tertiary/aromatic N) is 2. The number of ether oxygens (including phenoxy) is 1. The second-order valence-corrected chi connectivity index (χ2v) is 7.07. The molecular weight excluding hydrogens is 404 g/mol. The van der Waals surface area contributed by atoms with Gasteiger partial charge in [-0.15, -0.1) is 0 Å². The molecule has 0 saturated carbocycles. The van der Waals surface area contributed by atoms with Crippen LogP contribution in [-0.4, -0.2) is 28.9 Å². The first-order chi connectivity index (χ1) is 14.5. The molecule has 2 aromatic carbocycles. The Morgan fingerprint density at radius 1 is 1.07 bits per heavy atom. The van der Waals surface area contributed by atoms with Crippen LogP contribution in [0.15, 0.2) is 78.6 Å². The number of carbonyl (C=O) groups excluding carboxylic acids is 2. The summed E-state index contributed by atoms with van der Waals surface area (Å²) in [6.45, 7) is 0. The predicted molar refractivity (Wildman–Crippen MR) is 113 cm³/mol. The molecule has 1 saturated heterocycles. The number of hydrogen-bond acceptors (Lipinski definition) is 5. The highest BCUT2D eigenvalue weighted by molar-refractivity contribution is 6.51. The molecule has 1 fully saturated rings. The number of ketones is 1. The third kappa shape index (κ3) is 3.31. The molecule has 0 radical (unpaired) electrons. The Morgan fingerprint density at radius 2 is 1.80 bits per heavy atom. The predicted octanol–water partition coefficient (Wildman–Crippen LogP) is 4.37. The summed E-state index contributed by atoms with van der Waals surface area (Å²) in [5.41, 5.74) is 1.35. The van der Waals surface area contributed by atoms with Gasteiger partial charge in [0, 0.05) is 22.3 Å². The number of aromatic nitrogens is 1. The van der Waals surface area contributed by atoms with Crippen molar-refractivity contribution in [1.29, 1.82) is 0 Å². The summed E-state index contributed by atoms with van der Waals surface area (Å²) in [6.07, 6.45) is 3.07. The van der Waals surface area contributed by atoms with Gasteiger partial charge >= 0.3 is 0 Å². The van der Waals surface area contributed by atoms with Gasteiger partial charge in [0.1, 0.15) is 11.5 Å². The van der Waals surface area contributed by atoms with E-state index in [1.807, 2.05) is 0 Å². The van der Waals surface area contributed by atoms with E-state index in [2.05, 4.69) is 4.98 Å². The summed E-state index contributed by atoms with van der Waals surface area (Å²) in [4.78, 5) is 31.5. The average Bonchev–Trinajstić information content (AvgIpc) is 3.04. The van der Waals surface area contributed by atoms with Gasteiger partial charge in [-0.1, -0.05) is 29.8 Å². The van der Waals surface area contributed by atoms with Gasteiger partial charge in [-0.05, 0) is 42.5 Å². The molecule has 1 atom stereocenters. The second-order valence-electron chi connectivity index (χ2n) is 6.63. The molecule has 7 heteroatoms. The highest BCUT2D eigenvalue weighted by Gasteiger charge is 2.47. The quantitative estimate of drug-likeness (QED) is 0.385. The van der Waals surface area contributed by atoms with E-state index in [4.69, 9.17) is 16.3 Å². The Morgan fingerprint density at radius 3 is 2.47 bits per heavy atom. The van der Waals surface area contributed by atoms with Crippen LogP contribution < -0.4 is 9.64 Å². The minimum Gasteiger partial charge on any atom is -0.507 e. The molecule has 6 nitrogen and oxygen atoms in total. The van der Waals surface area contributed by atoms with E-state index in [1.165, 1.54) is 18.2 Å². The Bertz CT molecular complexity index is 1140. The standard InChI is InChI=1S/C23H17ClN2O4/c1-30-18-7-3-2-6-17(18)20-19(21(27)14-8-10-15(24)11-9-14)22(28)23(29)26(20)16-5-4-12-25-13-16/h2-13,20,27H,1H3. The SMILES string of the molecule is COc1ccccc1C1C(=C(O)c2ccc(Cl)cc2)C(=O)C(=O)N1c1cccnc1. The van der Waals surface area contributed by atoms with Crippen LogP contribution in [0.5, 0.6) is 5.75 Å². The molecule has 0 spiro atoms. The zero-order chi connectivity index (χ0) is 21.3. The van der Waals surface area contributed by atoms with Crippen molar-refractivity contribution in [3.8, 4) is 5.75 Å². The molecule has 1 N–H and O–H groups in total. The van der Waals surface area contributed by atoms with Gasteiger partial charge in [0.15, 0.2) is 0 Å². The number of aliphatic hydroxyl groups excluding tert-OH is 1. The smallest absolute Gasteiger partial charge is 0.300 e. The van der Waals surface area contributed by atoms with Gasteiger partial charge in [0.25, 0.3) is 11.7 Å². The summed E-state index contributed by atoms with van der Waals surface area (Å²) < 4.78 is 5.48. The van der Waals surface area contributed by atoms with Crippen LogP contribution in [0.1, 0.15) is 17.2 Å². The summed E-state index contributed by atoms with van der Waals surface area (Å²) in [7, 11) is 1.51. The second kappa shape index (κ2) is 8.00. The Balaban J connectivity index is 1.98. The number of hydrogen-bond donors (Lipinski definition) is 1. The monoisotopic (exact) mass is 420 g/mol. The van der Waals surface area contributed by atoms with Crippen molar-refractivity contribution < 1.29 is 19.4 Å². The molecule has 1 amide bonds. The van der Waals surface area contributed by atoms with Gasteiger partial charge in [-0.3, -0.25) is 19.5 Å². The van der Waals surface area contributed by atoms with Gasteiger partial charge in [0.05, 0.1) is 30.6 Å². The lowest BCUT2D eigenvalue weighted by molar-refractivity contribution is -0.132. The van der Waals surface area contributed by atoms with Crippen LogP contribution in [0.3, 0.4) is 0 Å². The van der Waals surface area contributed by atoms with E-state index >= 15 is 0 Å². The van der Waals surface area contributed by atoms with Crippen molar-refractivity contribution in [3.05, 3.63) is 94.8 Å². The van der Waals surface area contributed by atoms with Crippen molar-refractivity contribution in [2.24, 2.45) is 0 Å². The molecule has 0 aliphatic carbocycles. The van der Waals surface area contributed by atoms with Crippen LogP contribution in [0.2, 0.25) is 5.02 Å². The summed E-state index contributed by atoms with van der Waals surface area (Å²) in [6, 6.07) is 15.9. The largest absolute Gasteiger partial charge is 0.507 e. The first-order valence-corrected chi connectivity index (χ1v) is 9.50. The number of Topliss-reactive ketones (excluding diaryl/α,β-unsaturated/α-hetero) is 1. The summed E-state index contributed by atoms with van der Waals surface area (Å²) in [5, 5.41) is 11.5. The van der Waals surface area contributed by atoms with Gasteiger partial charge in [0.2, 0.25) is 0 Å². The molecule has 0 bridgehead atoms. The zero-order valence-electron chi connectivity index (χ0n) is 15.9. The highest BCUT2D eigenvalue weighted by Crippen LogP contribution is 2.44. The topological polar surface area (TPSA) is 79.7 Å². The number of para-hydroxylation sites is 1. The molecular formula is C23H17ClN2O4. The Labute approximate surface area is 178 Å². The van der Waals surface area contributed by atoms with Crippen LogP contribution >= 0.6 is 11.6 Å². The van der Waals surface area contributed by atoms with Crippen LogP contribution in [0, 0.1) is 0 Å². The lowest BCUT2D eigenvalue weighted by atomic mass is 9.94. The number of methoxy groups -OCH3 is 1. The average molecular weight is 421 g/mol. The van der Waals surface area contributed by atoms with Crippen LogP contribution in [0.4, 0.5) is 5.69 Å². The van der Waals surface area contributed by atoms with E-state index in [9.17, 15) is 14.7 Å². The first-order valence-electron chi connectivity index (χ1n) is 9.13. The van der Waals surface area contributed by atoms with Crippen molar-refractivity contribution in [1.82, 2.24) is 4.98 Å². The Kier molecular flexibility index (Phi) is 5.25. The summed E-state index contributed by atoms with van der Waals surface area (Å²) in [5.74, 6) is -1.34. The molecule has 4 rings (SSSR count). The lowest BCUT2D eigenvalue weighted by Gasteiger charge is -2.26. The molecule has 150 valence electrons. The van der Waals surface area contributed by atoms with Crippen molar-refractivity contribution in [2.75, 3.05) is 12.0 Å². The van der Waals surface area contributed by atoms with Gasteiger partial charge in [-0.2, -0.15) is 0 Å². The van der Waals surface area contributed by atoms with E-state index in [0.717, 1.165) is 0 Å². The van der Waals surface area contributed by atoms with E-state index in [0.29, 0.717) is 27.6 Å². The van der Waals surface area contributed by atoms with E-state index < -0.39 is 17.7 Å². The number of carbonyl (C=O) groups is 2. The minimum atomic E-state index is -0.888. The number of anilines is 1. The number of aliphatic hydroxyl groups is 1. The third-order valence-electron chi connectivity index (χ3n) is 4.92. The molecule has 1 unspecified atom stereocenters. The van der Waals surface area contributed by atoms with Crippen LogP contribution in [-0.2, 0) is 9.59 Å². The van der Waals surface area contributed by atoms with Crippen molar-refractivity contribution in [3.63, 3.8) is 0 Å². The van der Waals surface area contributed by atoms with Crippen molar-refractivity contribution in [2.45, 2.75) is 6.04 Å². The van der Waals surface area contributed by atoms with Gasteiger partial charge < -0.3 is 9.84 Å². The maximum absolute atomic E-state index is 13.1. The maximum Gasteiger partial charge on any atom is 0.300 e. The van der Waals surface area contributed by atoms with Crippen LogP contribution in [0.25, 0.3) is 5.76 Å². The number of benzene rings is 2. The third-order valence-corrected chi connectivity index (χ3v) is 5.17. The molecule has 1 aromatic heterocycles. The fourth-order valence-corrected chi connectivity index (χ4v) is 3.67. The van der Waals surface area contributed by atoms with E-state index in [1.54, 1.807) is 66.9 Å². The number of amides is 1. The first kappa shape index (κ1) is 19.7. The lowest BCUT2D eigenvalue weighted by Crippen LogP contribution is -2.29. The number of pyridine rings is 1. The Hall–Kier alpha value is -3.64. The fourth-order valence-electron chi connectivity index (χ4n) is 3.54. The molecule has 2 heterocycles. The normalized spacial score (nSPS) is 17.9.